The Morgan fingerprint density at radius 2 is 1.52 bits per heavy atom. The minimum Gasteiger partial charge on any atom is -0.508 e. The van der Waals surface area contributed by atoms with Crippen LogP contribution in [0.15, 0.2) is 112 Å². The Morgan fingerprint density at radius 1 is 0.897 bits per heavy atom. The van der Waals surface area contributed by atoms with Gasteiger partial charge in [0.05, 0.1) is 35.4 Å². The number of aryl methyl sites for hydroxylation is 1. The van der Waals surface area contributed by atoms with Crippen molar-refractivity contribution in [3.05, 3.63) is 130 Å². The lowest BCUT2D eigenvalue weighted by Crippen LogP contribution is -2.47. The number of amides is 2. The Bertz CT molecular complexity index is 2500. The smallest absolute Gasteiger partial charge is 0.355 e. The van der Waals surface area contributed by atoms with E-state index in [2.05, 4.69) is 87.7 Å². The Labute approximate surface area is 338 Å². The molecule has 0 radical (unpaired) electrons. The number of ether oxygens (including phenoxy) is 2. The van der Waals surface area contributed by atoms with Crippen LogP contribution in [-0.2, 0) is 53.8 Å². The normalized spacial score (nSPS) is 17.3. The lowest BCUT2D eigenvalue weighted by molar-refractivity contribution is -0.189. The maximum atomic E-state index is 13.8. The largest absolute Gasteiger partial charge is 0.508 e. The molecule has 0 spiro atoms. The first-order valence-electron chi connectivity index (χ1n) is 19.4. The Hall–Kier alpha value is -6.01. The standard InChI is InChI=1S/C29H25N3O8.C17H22S/c1-3-16-17-11-15(33)5-6-21(17)30-26-18(16)13-32-22(26)12-20-19(27(32)37)14-39-28(38)29(20,4-2)40-25(36)9-10-31-23(34)7-8-24(31)35;1-17(2,3)18(4,15-11-7-5-8-12-15)16-13-9-6-10-14-16/h5-8,11-12,33H,3-4,9-10,13-14H2,1-2H3;5-14H,1-4H3. The third-order valence-electron chi connectivity index (χ3n) is 11.5. The predicted molar refractivity (Wildman–Crippen MR) is 223 cm³/mol. The fourth-order valence-corrected chi connectivity index (χ4v) is 11.1. The van der Waals surface area contributed by atoms with E-state index in [-0.39, 0.29) is 59.7 Å². The average Bonchev–Trinajstić information content (AvgIpc) is 3.75. The Kier molecular flexibility index (Phi) is 10.7. The average molecular weight is 802 g/mol. The van der Waals surface area contributed by atoms with Gasteiger partial charge in [0.15, 0.2) is 0 Å². The Balaban J connectivity index is 0.000000238. The number of esters is 2. The number of nitrogens with zero attached hydrogens (tertiary/aromatic N) is 3. The third-order valence-corrected chi connectivity index (χ3v) is 16.4. The minimum absolute atomic E-state index is 0.00586. The second kappa shape index (κ2) is 15.4. The molecule has 2 aromatic heterocycles. The van der Waals surface area contributed by atoms with Gasteiger partial charge in [-0.05, 0) is 87.7 Å². The molecule has 0 fully saturated rings. The number of phenols is 1. The summed E-state index contributed by atoms with van der Waals surface area (Å²) >= 11 is 0. The minimum atomic E-state index is -1.88. The Morgan fingerprint density at radius 3 is 2.09 bits per heavy atom. The van der Waals surface area contributed by atoms with E-state index >= 15 is 0 Å². The maximum Gasteiger partial charge on any atom is 0.355 e. The molecule has 11 nitrogen and oxygen atoms in total. The van der Waals surface area contributed by atoms with Gasteiger partial charge in [-0.25, -0.2) is 9.78 Å². The molecule has 1 unspecified atom stereocenters. The van der Waals surface area contributed by atoms with Gasteiger partial charge in [-0.2, -0.15) is 10.0 Å². The van der Waals surface area contributed by atoms with E-state index in [9.17, 15) is 29.1 Å². The van der Waals surface area contributed by atoms with Crippen LogP contribution in [0.3, 0.4) is 0 Å². The number of phenolic OH excluding ortho intramolecular Hbond substituents is 1. The summed E-state index contributed by atoms with van der Waals surface area (Å²) in [6.07, 6.45) is 4.96. The highest BCUT2D eigenvalue weighted by Gasteiger charge is 2.50. The highest BCUT2D eigenvalue weighted by molar-refractivity contribution is 8.34. The number of hydrogen-bond donors (Lipinski definition) is 1. The van der Waals surface area contributed by atoms with Crippen LogP contribution in [0.2, 0.25) is 0 Å². The van der Waals surface area contributed by atoms with Crippen LogP contribution in [0.1, 0.15) is 69.7 Å². The van der Waals surface area contributed by atoms with Gasteiger partial charge < -0.3 is 19.1 Å². The van der Waals surface area contributed by atoms with Crippen LogP contribution in [-0.4, -0.2) is 60.9 Å². The van der Waals surface area contributed by atoms with Gasteiger partial charge in [-0.1, -0.05) is 71.0 Å². The van der Waals surface area contributed by atoms with Crippen molar-refractivity contribution < 1.29 is 33.8 Å². The molecule has 5 aromatic rings. The molecule has 8 rings (SSSR count). The summed E-state index contributed by atoms with van der Waals surface area (Å²) in [7, 11) is -1.01. The number of carbonyl (C=O) groups is 4. The van der Waals surface area contributed by atoms with Crippen LogP contribution in [0.4, 0.5) is 0 Å². The number of pyridine rings is 2. The first kappa shape index (κ1) is 40.2. The number of rotatable bonds is 8. The predicted octanol–water partition coefficient (Wildman–Crippen LogP) is 7.55. The molecule has 12 heteroatoms. The van der Waals surface area contributed by atoms with Crippen LogP contribution in [0.25, 0.3) is 22.3 Å². The second-order valence-corrected chi connectivity index (χ2v) is 19.6. The van der Waals surface area contributed by atoms with E-state index < -0.39 is 39.4 Å². The van der Waals surface area contributed by atoms with Crippen molar-refractivity contribution in [1.29, 1.82) is 0 Å². The van der Waals surface area contributed by atoms with Gasteiger partial charge in [0.2, 0.25) is 5.60 Å². The number of aromatic nitrogens is 2. The topological polar surface area (TPSA) is 145 Å². The molecule has 3 aromatic carbocycles. The van der Waals surface area contributed by atoms with E-state index in [0.29, 0.717) is 23.3 Å². The van der Waals surface area contributed by atoms with Crippen LogP contribution in [0, 0.1) is 0 Å². The number of fused-ring (bicyclic) bond motifs is 5. The number of benzene rings is 3. The molecule has 0 bridgehead atoms. The van der Waals surface area contributed by atoms with Gasteiger partial charge in [-0.15, -0.1) is 0 Å². The molecule has 5 heterocycles. The monoisotopic (exact) mass is 801 g/mol. The molecule has 1 N–H and O–H groups in total. The van der Waals surface area contributed by atoms with Crippen LogP contribution in [0.5, 0.6) is 5.75 Å². The molecular weight excluding hydrogens is 755 g/mol. The molecule has 3 aliphatic heterocycles. The first-order chi connectivity index (χ1) is 27.6. The molecule has 3 aliphatic rings. The van der Waals surface area contributed by atoms with Crippen molar-refractivity contribution in [3.63, 3.8) is 0 Å². The molecule has 0 saturated heterocycles. The highest BCUT2D eigenvalue weighted by Crippen LogP contribution is 2.67. The van der Waals surface area contributed by atoms with E-state index in [1.807, 2.05) is 6.92 Å². The van der Waals surface area contributed by atoms with Crippen LogP contribution >= 0.6 is 10.0 Å². The summed E-state index contributed by atoms with van der Waals surface area (Å²) < 4.78 is 12.9. The number of carbonyl (C=O) groups excluding carboxylic acids is 4. The van der Waals surface area contributed by atoms with Crippen molar-refractivity contribution in [3.8, 4) is 17.1 Å². The lowest BCUT2D eigenvalue weighted by atomic mass is 9.85. The van der Waals surface area contributed by atoms with Crippen molar-refractivity contribution in [2.75, 3.05) is 12.8 Å². The van der Waals surface area contributed by atoms with Gasteiger partial charge in [-0.3, -0.25) is 24.1 Å². The van der Waals surface area contributed by atoms with Crippen molar-refractivity contribution in [2.24, 2.45) is 0 Å². The molecule has 0 saturated carbocycles. The van der Waals surface area contributed by atoms with Gasteiger partial charge in [0.1, 0.15) is 12.4 Å². The highest BCUT2D eigenvalue weighted by atomic mass is 32.3. The zero-order valence-corrected chi connectivity index (χ0v) is 34.4. The summed E-state index contributed by atoms with van der Waals surface area (Å²) in [5.41, 5.74) is 1.73. The zero-order chi connectivity index (χ0) is 41.6. The van der Waals surface area contributed by atoms with Gasteiger partial charge >= 0.3 is 11.9 Å². The molecular formula is C46H47N3O8S. The molecule has 58 heavy (non-hydrogen) atoms. The van der Waals surface area contributed by atoms with Gasteiger partial charge in [0, 0.05) is 35.2 Å². The second-order valence-electron chi connectivity index (χ2n) is 15.6. The summed E-state index contributed by atoms with van der Waals surface area (Å²) in [4.78, 5) is 72.3. The number of cyclic esters (lactones) is 1. The van der Waals surface area contributed by atoms with E-state index in [0.717, 1.165) is 33.6 Å². The quantitative estimate of drug-likeness (QED) is 0.122. The number of hydrogen-bond acceptors (Lipinski definition) is 9. The van der Waals surface area contributed by atoms with Crippen molar-refractivity contribution in [1.82, 2.24) is 14.5 Å². The fourth-order valence-electron chi connectivity index (χ4n) is 8.04. The van der Waals surface area contributed by atoms with Gasteiger partial charge in [0.25, 0.3) is 17.4 Å². The molecule has 300 valence electrons. The van der Waals surface area contributed by atoms with E-state index in [1.165, 1.54) is 9.79 Å². The molecule has 1 atom stereocenters. The molecule has 2 amide bonds. The zero-order valence-electron chi connectivity index (χ0n) is 33.5. The third kappa shape index (κ3) is 6.78. The van der Waals surface area contributed by atoms with Crippen molar-refractivity contribution >= 4 is 44.7 Å². The van der Waals surface area contributed by atoms with Crippen LogP contribution < -0.4 is 5.56 Å². The SMILES string of the molecule is CC(C)(C)S(C)(c1ccccc1)c1ccccc1.CCc1c2c(nc3ccc(O)cc13)-c1cc3c(c(=O)n1C2)COC(=O)C3(CC)OC(=O)CCN1C(=O)C=CC1=O. The summed E-state index contributed by atoms with van der Waals surface area (Å²) in [5, 5.41) is 10.9. The summed E-state index contributed by atoms with van der Waals surface area (Å²) in [6, 6.07) is 28.5. The number of imide groups is 1. The van der Waals surface area contributed by atoms with Crippen molar-refractivity contribution in [2.45, 2.75) is 87.2 Å². The maximum absolute atomic E-state index is 13.8. The molecule has 0 aliphatic carbocycles. The fraction of sp³-hybridized carbons (Fsp3) is 0.304. The van der Waals surface area contributed by atoms with E-state index in [1.54, 1.807) is 35.8 Å². The summed E-state index contributed by atoms with van der Waals surface area (Å²) in [6.45, 7) is 10.5. The summed E-state index contributed by atoms with van der Waals surface area (Å²) in [5.74, 6) is -2.57. The lowest BCUT2D eigenvalue weighted by Gasteiger charge is -2.48. The van der Waals surface area contributed by atoms with E-state index in [4.69, 9.17) is 14.5 Å². The first-order valence-corrected chi connectivity index (χ1v) is 21.4. The number of aromatic hydroxyl groups is 1.